The van der Waals surface area contributed by atoms with Crippen LogP contribution in [0.2, 0.25) is 5.02 Å². The highest BCUT2D eigenvalue weighted by molar-refractivity contribution is 6.34. The largest absolute Gasteiger partial charge is 0.494 e. The molecule has 0 spiro atoms. The van der Waals surface area contributed by atoms with Gasteiger partial charge in [0.1, 0.15) is 5.75 Å². The zero-order chi connectivity index (χ0) is 32.6. The number of piperazine rings is 1. The Hall–Kier alpha value is -3.29. The molecule has 46 heavy (non-hydrogen) atoms. The van der Waals surface area contributed by atoms with E-state index in [2.05, 4.69) is 66.2 Å². The second-order valence-corrected chi connectivity index (χ2v) is 12.6. The van der Waals surface area contributed by atoms with E-state index in [0.717, 1.165) is 117 Å². The molecule has 0 unspecified atom stereocenters. The number of halogens is 1. The molecule has 0 radical (unpaired) electrons. The monoisotopic (exact) mass is 649 g/mol. The number of aryl methyl sites for hydroxylation is 2. The molecular formula is C38H52ClN3O4. The lowest BCUT2D eigenvalue weighted by Gasteiger charge is -2.36. The fourth-order valence-corrected chi connectivity index (χ4v) is 6.18. The van der Waals surface area contributed by atoms with Gasteiger partial charge < -0.3 is 14.4 Å². The van der Waals surface area contributed by atoms with Crippen molar-refractivity contribution in [2.75, 3.05) is 55.9 Å². The Morgan fingerprint density at radius 3 is 2.57 bits per heavy atom. The summed E-state index contributed by atoms with van der Waals surface area (Å²) >= 11 is 6.55. The molecule has 0 bridgehead atoms. The van der Waals surface area contributed by atoms with Gasteiger partial charge in [-0.15, -0.1) is 0 Å². The summed E-state index contributed by atoms with van der Waals surface area (Å²) in [4.78, 5) is 31.7. The molecule has 1 amide bonds. The molecule has 8 heteroatoms. The number of allylic oxidation sites excluding steroid dienone is 4. The lowest BCUT2D eigenvalue weighted by molar-refractivity contribution is -0.144. The molecule has 250 valence electrons. The first-order valence-corrected chi connectivity index (χ1v) is 17.6. The van der Waals surface area contributed by atoms with Crippen molar-refractivity contribution < 1.29 is 19.1 Å². The van der Waals surface area contributed by atoms with Gasteiger partial charge in [0.15, 0.2) is 6.73 Å². The van der Waals surface area contributed by atoms with Gasteiger partial charge in [0.2, 0.25) is 5.91 Å². The number of carbonyl (C=O) groups excluding carboxylic acids is 2. The maximum absolute atomic E-state index is 12.8. The maximum Gasteiger partial charge on any atom is 0.307 e. The Balaban J connectivity index is 1.12. The highest BCUT2D eigenvalue weighted by Gasteiger charge is 2.26. The summed E-state index contributed by atoms with van der Waals surface area (Å²) in [6, 6.07) is 12.2. The minimum atomic E-state index is -0.257. The molecule has 2 aliphatic rings. The number of fused-ring (bicyclic) bond motifs is 1. The van der Waals surface area contributed by atoms with E-state index in [9.17, 15) is 9.59 Å². The van der Waals surface area contributed by atoms with E-state index < -0.39 is 0 Å². The van der Waals surface area contributed by atoms with Crippen LogP contribution in [0, 0.1) is 6.92 Å². The van der Waals surface area contributed by atoms with Crippen LogP contribution in [0.25, 0.3) is 0 Å². The molecule has 7 nitrogen and oxygen atoms in total. The first-order valence-electron chi connectivity index (χ1n) is 17.2. The van der Waals surface area contributed by atoms with Gasteiger partial charge in [-0.25, -0.2) is 0 Å². The number of hydrogen-bond acceptors (Lipinski definition) is 6. The van der Waals surface area contributed by atoms with Gasteiger partial charge in [0, 0.05) is 45.1 Å². The van der Waals surface area contributed by atoms with Gasteiger partial charge in [-0.2, -0.15) is 0 Å². The SMILES string of the molecule is CC/C=C\C/C=C\CCCCCC(=O)OCN1C(=O)CCc2ccc(OCCCCN3CCN(c4cccc(C)c4Cl)CC3)cc21. The van der Waals surface area contributed by atoms with E-state index in [0.29, 0.717) is 25.9 Å². The summed E-state index contributed by atoms with van der Waals surface area (Å²) in [5.74, 6) is 0.458. The van der Waals surface area contributed by atoms with E-state index in [1.807, 2.05) is 18.2 Å². The fourth-order valence-electron chi connectivity index (χ4n) is 5.94. The number of anilines is 2. The average molecular weight is 650 g/mol. The number of nitrogens with zero attached hydrogens (tertiary/aromatic N) is 3. The molecule has 2 aromatic rings. The minimum absolute atomic E-state index is 0.0252. The Bertz CT molecular complexity index is 1320. The topological polar surface area (TPSA) is 62.3 Å². The summed E-state index contributed by atoms with van der Waals surface area (Å²) in [5, 5.41) is 0.861. The van der Waals surface area contributed by atoms with Crippen molar-refractivity contribution in [3.63, 3.8) is 0 Å². The van der Waals surface area contributed by atoms with Gasteiger partial charge in [-0.05, 0) is 88.1 Å². The third-order valence-corrected chi connectivity index (χ3v) is 9.22. The quantitative estimate of drug-likeness (QED) is 0.0920. The van der Waals surface area contributed by atoms with Gasteiger partial charge in [0.05, 0.1) is 23.0 Å². The van der Waals surface area contributed by atoms with Gasteiger partial charge in [-0.1, -0.05) is 67.4 Å². The Kier molecular flexibility index (Phi) is 15.0. The van der Waals surface area contributed by atoms with Crippen LogP contribution < -0.4 is 14.5 Å². The molecule has 2 heterocycles. The molecule has 0 aliphatic carbocycles. The van der Waals surface area contributed by atoms with Crippen molar-refractivity contribution in [2.24, 2.45) is 0 Å². The Morgan fingerprint density at radius 2 is 1.74 bits per heavy atom. The summed E-state index contributed by atoms with van der Waals surface area (Å²) in [6.45, 7) is 9.82. The maximum atomic E-state index is 12.8. The van der Waals surface area contributed by atoms with Gasteiger partial charge >= 0.3 is 5.97 Å². The van der Waals surface area contributed by atoms with Crippen LogP contribution in [-0.2, 0) is 20.7 Å². The highest BCUT2D eigenvalue weighted by Crippen LogP contribution is 2.32. The van der Waals surface area contributed by atoms with Crippen molar-refractivity contribution in [1.82, 2.24) is 4.90 Å². The van der Waals surface area contributed by atoms with Crippen molar-refractivity contribution in [2.45, 2.75) is 84.5 Å². The number of esters is 1. The number of rotatable bonds is 18. The van der Waals surface area contributed by atoms with Crippen molar-refractivity contribution in [1.29, 1.82) is 0 Å². The lowest BCUT2D eigenvalue weighted by Crippen LogP contribution is -2.46. The zero-order valence-electron chi connectivity index (χ0n) is 27.9. The van der Waals surface area contributed by atoms with Crippen LogP contribution in [0.1, 0.15) is 82.3 Å². The number of unbranched alkanes of at least 4 members (excludes halogenated alkanes) is 4. The number of benzene rings is 2. The van der Waals surface area contributed by atoms with E-state index >= 15 is 0 Å². The number of ether oxygens (including phenoxy) is 2. The van der Waals surface area contributed by atoms with Crippen LogP contribution in [0.5, 0.6) is 5.75 Å². The molecule has 0 atom stereocenters. The van der Waals surface area contributed by atoms with Gasteiger partial charge in [0.25, 0.3) is 0 Å². The molecule has 2 aliphatic heterocycles. The van der Waals surface area contributed by atoms with E-state index in [1.165, 1.54) is 0 Å². The smallest absolute Gasteiger partial charge is 0.307 e. The second-order valence-electron chi connectivity index (χ2n) is 12.2. The molecule has 0 N–H and O–H groups in total. The predicted octanol–water partition coefficient (Wildman–Crippen LogP) is 8.27. The lowest BCUT2D eigenvalue weighted by atomic mass is 10.0. The van der Waals surface area contributed by atoms with E-state index in [-0.39, 0.29) is 18.6 Å². The van der Waals surface area contributed by atoms with Crippen LogP contribution >= 0.6 is 11.6 Å². The normalized spacial score (nSPS) is 15.6. The first kappa shape index (κ1) is 35.6. The summed E-state index contributed by atoms with van der Waals surface area (Å²) in [5.41, 5.74) is 4.12. The molecule has 4 rings (SSSR count). The summed E-state index contributed by atoms with van der Waals surface area (Å²) in [6.07, 6.45) is 18.2. The molecule has 0 aromatic heterocycles. The van der Waals surface area contributed by atoms with Crippen LogP contribution in [0.4, 0.5) is 11.4 Å². The number of carbonyl (C=O) groups is 2. The number of hydrogen-bond donors (Lipinski definition) is 0. The average Bonchev–Trinajstić information content (AvgIpc) is 3.06. The second kappa shape index (κ2) is 19.4. The predicted molar refractivity (Wildman–Crippen MR) is 189 cm³/mol. The first-order chi connectivity index (χ1) is 22.5. The third kappa shape index (κ3) is 11.2. The summed E-state index contributed by atoms with van der Waals surface area (Å²) < 4.78 is 11.6. The molecule has 2 aromatic carbocycles. The fraction of sp³-hybridized carbons (Fsp3) is 0.526. The Labute approximate surface area is 281 Å². The van der Waals surface area contributed by atoms with E-state index in [4.69, 9.17) is 21.1 Å². The molecule has 1 saturated heterocycles. The molecular weight excluding hydrogens is 598 g/mol. The summed E-state index contributed by atoms with van der Waals surface area (Å²) in [7, 11) is 0. The number of amides is 1. The van der Waals surface area contributed by atoms with Crippen LogP contribution in [0.15, 0.2) is 60.7 Å². The highest BCUT2D eigenvalue weighted by atomic mass is 35.5. The molecule has 1 fully saturated rings. The van der Waals surface area contributed by atoms with Crippen LogP contribution in [0.3, 0.4) is 0 Å². The van der Waals surface area contributed by atoms with Crippen LogP contribution in [-0.4, -0.2) is 62.8 Å². The molecule has 0 saturated carbocycles. The van der Waals surface area contributed by atoms with Crippen molar-refractivity contribution in [3.05, 3.63) is 76.9 Å². The standard InChI is InChI=1S/C38H52ClN3O4/c1-3-4-5-6-7-8-9-10-11-12-18-37(44)46-30-42-35-29-33(21-19-32(35)20-22-36(42)43)45-28-14-13-23-40-24-26-41(27-25-40)34-17-15-16-31(2)38(34)39/h4-5,7-8,15-17,19,21,29H,3,6,9-14,18,20,22-28,30H2,1-2H3/b5-4-,8-7-. The van der Waals surface area contributed by atoms with Crippen molar-refractivity contribution >= 4 is 34.9 Å². The third-order valence-electron chi connectivity index (χ3n) is 8.73. The Morgan fingerprint density at radius 1 is 0.913 bits per heavy atom. The van der Waals surface area contributed by atoms with Crippen molar-refractivity contribution in [3.8, 4) is 5.75 Å². The zero-order valence-corrected chi connectivity index (χ0v) is 28.6. The van der Waals surface area contributed by atoms with Gasteiger partial charge in [-0.3, -0.25) is 19.4 Å². The minimum Gasteiger partial charge on any atom is -0.494 e. The van der Waals surface area contributed by atoms with E-state index in [1.54, 1.807) is 4.90 Å².